The molecule has 164 valence electrons. The largest absolute Gasteiger partial charge is 0.392 e. The Bertz CT molecular complexity index is 982. The van der Waals surface area contributed by atoms with E-state index in [1.54, 1.807) is 6.33 Å². The van der Waals surface area contributed by atoms with Gasteiger partial charge in [-0.3, -0.25) is 4.90 Å². The lowest BCUT2D eigenvalue weighted by Crippen LogP contribution is -2.49. The van der Waals surface area contributed by atoms with Gasteiger partial charge in [-0.15, -0.1) is 0 Å². The molecule has 6 nitrogen and oxygen atoms in total. The van der Waals surface area contributed by atoms with Gasteiger partial charge in [-0.1, -0.05) is 24.3 Å². The predicted octanol–water partition coefficient (Wildman–Crippen LogP) is 3.53. The number of aliphatic hydroxyl groups is 1. The zero-order valence-electron chi connectivity index (χ0n) is 18.3. The zero-order valence-corrected chi connectivity index (χ0v) is 18.3. The molecule has 0 atom stereocenters. The molecule has 1 saturated heterocycles. The molecule has 2 heterocycles. The van der Waals surface area contributed by atoms with Crippen LogP contribution in [0.2, 0.25) is 0 Å². The highest BCUT2D eigenvalue weighted by Gasteiger charge is 2.31. The molecule has 0 aromatic heterocycles. The van der Waals surface area contributed by atoms with Crippen LogP contribution in [0.15, 0.2) is 36.7 Å². The topological polar surface area (TPSA) is 81.4 Å². The molecule has 0 spiro atoms. The van der Waals surface area contributed by atoms with Gasteiger partial charge in [0, 0.05) is 37.8 Å². The van der Waals surface area contributed by atoms with Crippen molar-refractivity contribution in [3.05, 3.63) is 47.8 Å². The Labute approximate surface area is 184 Å². The first-order valence-corrected chi connectivity index (χ1v) is 11.5. The Morgan fingerprint density at radius 1 is 1.06 bits per heavy atom. The maximum Gasteiger partial charge on any atom is 0.135 e. The van der Waals surface area contributed by atoms with Crippen molar-refractivity contribution in [2.45, 2.75) is 44.2 Å². The van der Waals surface area contributed by atoms with Crippen LogP contribution in [0.5, 0.6) is 0 Å². The fourth-order valence-corrected chi connectivity index (χ4v) is 5.51. The number of fused-ring (bicyclic) bond motifs is 1. The molecule has 4 N–H and O–H groups in total. The molecule has 1 saturated carbocycles. The van der Waals surface area contributed by atoms with E-state index in [4.69, 9.17) is 5.73 Å². The van der Waals surface area contributed by atoms with E-state index in [0.717, 1.165) is 34.0 Å². The molecule has 6 heteroatoms. The minimum atomic E-state index is 0.0569. The number of likely N-dealkylation sites (N-methyl/N-ethyl adjacent to an activating group) is 1. The van der Waals surface area contributed by atoms with Gasteiger partial charge in [0.15, 0.2) is 0 Å². The quantitative estimate of drug-likeness (QED) is 0.603. The van der Waals surface area contributed by atoms with E-state index in [-0.39, 0.29) is 6.61 Å². The number of anilines is 1. The number of rotatable bonds is 4. The maximum atomic E-state index is 9.38. The SMILES string of the molecule is CN1CCN(C2CCC(c3cc(-c4ccc(CO)cc4)c4c(N)nc[nH]c3-4)CC2)CC1. The fourth-order valence-electron chi connectivity index (χ4n) is 5.51. The summed E-state index contributed by atoms with van der Waals surface area (Å²) in [5.74, 6) is 1.13. The van der Waals surface area contributed by atoms with E-state index >= 15 is 0 Å². The van der Waals surface area contributed by atoms with Gasteiger partial charge >= 0.3 is 0 Å². The molecule has 1 aromatic rings. The van der Waals surface area contributed by atoms with Crippen LogP contribution in [0.4, 0.5) is 5.82 Å². The molecule has 1 aromatic carbocycles. The average molecular weight is 420 g/mol. The standard InChI is InChI=1S/C25H33N5O/c1-29-10-12-30(13-11-29)20-8-6-19(7-9-20)22-14-21(18-4-2-17(15-31)3-5-18)23-24(22)27-16-28-25(23)26/h2-5,14,16,19-20,31H,6-13,15,26H2,1H3,(H,27,28). The highest BCUT2D eigenvalue weighted by molar-refractivity contribution is 5.93. The van der Waals surface area contributed by atoms with Crippen LogP contribution in [0.3, 0.4) is 0 Å². The second kappa shape index (κ2) is 8.61. The van der Waals surface area contributed by atoms with Crippen molar-refractivity contribution in [1.82, 2.24) is 19.8 Å². The number of hydrogen-bond acceptors (Lipinski definition) is 5. The molecule has 4 aliphatic rings. The van der Waals surface area contributed by atoms with Crippen LogP contribution in [0, 0.1) is 0 Å². The number of aliphatic hydroxyl groups excluding tert-OH is 1. The van der Waals surface area contributed by atoms with Crippen molar-refractivity contribution in [2.75, 3.05) is 39.0 Å². The van der Waals surface area contributed by atoms with Crippen molar-refractivity contribution in [2.24, 2.45) is 0 Å². The van der Waals surface area contributed by atoms with Gasteiger partial charge in [0.05, 0.1) is 18.6 Å². The highest BCUT2D eigenvalue weighted by atomic mass is 16.3. The summed E-state index contributed by atoms with van der Waals surface area (Å²) in [6.07, 6.45) is 6.68. The minimum Gasteiger partial charge on any atom is -0.392 e. The third-order valence-electron chi connectivity index (χ3n) is 7.41. The van der Waals surface area contributed by atoms with Crippen molar-refractivity contribution in [1.29, 1.82) is 0 Å². The number of nitrogens with two attached hydrogens (primary N) is 1. The zero-order chi connectivity index (χ0) is 21.4. The van der Waals surface area contributed by atoms with E-state index in [2.05, 4.69) is 45.0 Å². The Balaban J connectivity index is 1.39. The summed E-state index contributed by atoms with van der Waals surface area (Å²) in [6.45, 7) is 4.84. The molecule has 0 radical (unpaired) electrons. The first kappa shape index (κ1) is 20.5. The number of hydrogen-bond donors (Lipinski definition) is 3. The second-order valence-corrected chi connectivity index (χ2v) is 9.25. The average Bonchev–Trinajstić information content (AvgIpc) is 3.21. The normalized spacial score (nSPS) is 23.4. The Hall–Kier alpha value is -2.41. The van der Waals surface area contributed by atoms with Crippen molar-refractivity contribution in [3.63, 3.8) is 0 Å². The first-order valence-electron chi connectivity index (χ1n) is 11.5. The predicted molar refractivity (Wildman–Crippen MR) is 125 cm³/mol. The third-order valence-corrected chi connectivity index (χ3v) is 7.41. The lowest BCUT2D eigenvalue weighted by molar-refractivity contribution is 0.0879. The van der Waals surface area contributed by atoms with E-state index in [0.29, 0.717) is 11.7 Å². The number of nitrogen functional groups attached to an aromatic ring is 1. The van der Waals surface area contributed by atoms with Gasteiger partial charge in [-0.2, -0.15) is 0 Å². The molecule has 5 rings (SSSR count). The Kier molecular flexibility index (Phi) is 5.69. The van der Waals surface area contributed by atoms with Crippen LogP contribution < -0.4 is 5.73 Å². The van der Waals surface area contributed by atoms with Crippen LogP contribution in [0.25, 0.3) is 22.4 Å². The van der Waals surface area contributed by atoms with Gasteiger partial charge < -0.3 is 20.7 Å². The van der Waals surface area contributed by atoms with E-state index in [9.17, 15) is 5.11 Å². The molecule has 2 fully saturated rings. The van der Waals surface area contributed by atoms with Gasteiger partial charge in [0.1, 0.15) is 5.82 Å². The summed E-state index contributed by atoms with van der Waals surface area (Å²) >= 11 is 0. The monoisotopic (exact) mass is 419 g/mol. The number of nitrogens with zero attached hydrogens (tertiary/aromatic N) is 3. The van der Waals surface area contributed by atoms with Crippen LogP contribution in [-0.4, -0.2) is 64.1 Å². The lowest BCUT2D eigenvalue weighted by Gasteiger charge is -2.41. The second-order valence-electron chi connectivity index (χ2n) is 9.25. The van der Waals surface area contributed by atoms with Crippen molar-refractivity contribution < 1.29 is 5.11 Å². The molecule has 0 bridgehead atoms. The third kappa shape index (κ3) is 3.95. The van der Waals surface area contributed by atoms with Crippen LogP contribution in [0.1, 0.15) is 42.7 Å². The number of benzene rings is 1. The van der Waals surface area contributed by atoms with Crippen molar-refractivity contribution in [3.8, 4) is 22.4 Å². The molecular weight excluding hydrogens is 386 g/mol. The summed E-state index contributed by atoms with van der Waals surface area (Å²) in [7, 11) is 2.22. The Morgan fingerprint density at radius 3 is 2.45 bits per heavy atom. The summed E-state index contributed by atoms with van der Waals surface area (Å²) in [4.78, 5) is 12.9. The maximum absolute atomic E-state index is 9.38. The molecular formula is C25H33N5O. The first-order chi connectivity index (χ1) is 15.1. The molecule has 0 unspecified atom stereocenters. The summed E-state index contributed by atoms with van der Waals surface area (Å²) < 4.78 is 0. The smallest absolute Gasteiger partial charge is 0.135 e. The van der Waals surface area contributed by atoms with E-state index < -0.39 is 0 Å². The van der Waals surface area contributed by atoms with E-state index in [1.807, 2.05) is 12.1 Å². The summed E-state index contributed by atoms with van der Waals surface area (Å²) in [6, 6.07) is 11.2. The number of aromatic nitrogens is 2. The lowest BCUT2D eigenvalue weighted by atomic mass is 9.81. The molecule has 0 amide bonds. The Morgan fingerprint density at radius 2 is 1.77 bits per heavy atom. The van der Waals surface area contributed by atoms with E-state index in [1.165, 1.54) is 57.4 Å². The summed E-state index contributed by atoms with van der Waals surface area (Å²) in [5, 5.41) is 9.38. The van der Waals surface area contributed by atoms with Crippen LogP contribution in [-0.2, 0) is 6.61 Å². The van der Waals surface area contributed by atoms with Gasteiger partial charge in [-0.05, 0) is 67.0 Å². The summed E-state index contributed by atoms with van der Waals surface area (Å²) in [5.41, 5.74) is 13.1. The number of nitrogens with one attached hydrogen (secondary N) is 1. The number of piperazine rings is 1. The molecule has 31 heavy (non-hydrogen) atoms. The van der Waals surface area contributed by atoms with Crippen molar-refractivity contribution >= 4 is 5.82 Å². The van der Waals surface area contributed by atoms with Gasteiger partial charge in [-0.25, -0.2) is 4.98 Å². The minimum absolute atomic E-state index is 0.0569. The molecule has 2 aliphatic carbocycles. The van der Waals surface area contributed by atoms with Gasteiger partial charge in [0.25, 0.3) is 0 Å². The van der Waals surface area contributed by atoms with Crippen LogP contribution >= 0.6 is 0 Å². The number of aromatic amines is 1. The van der Waals surface area contributed by atoms with Gasteiger partial charge in [0.2, 0.25) is 0 Å². The molecule has 2 aliphatic heterocycles. The highest BCUT2D eigenvalue weighted by Crippen LogP contribution is 2.46. The fraction of sp³-hybridized carbons (Fsp3) is 0.480. The number of H-pyrrole nitrogens is 1.